The van der Waals surface area contributed by atoms with Crippen molar-refractivity contribution in [2.24, 2.45) is 5.92 Å². The summed E-state index contributed by atoms with van der Waals surface area (Å²) in [6.45, 7) is 6.10. The van der Waals surface area contributed by atoms with Crippen LogP contribution in [0.15, 0.2) is 24.3 Å². The highest BCUT2D eigenvalue weighted by atomic mass is 19.1. The minimum absolute atomic E-state index is 0.169. The Hall–Kier alpha value is -1.91. The molecule has 21 heavy (non-hydrogen) atoms. The van der Waals surface area contributed by atoms with Crippen LogP contribution in [0.25, 0.3) is 0 Å². The lowest BCUT2D eigenvalue weighted by atomic mass is 9.92. The van der Waals surface area contributed by atoms with Gasteiger partial charge in [-0.2, -0.15) is 0 Å². The van der Waals surface area contributed by atoms with Crippen LogP contribution in [0.3, 0.4) is 0 Å². The summed E-state index contributed by atoms with van der Waals surface area (Å²) in [6, 6.07) is 5.44. The average Bonchev–Trinajstić information content (AvgIpc) is 2.63. The van der Waals surface area contributed by atoms with E-state index in [0.29, 0.717) is 12.3 Å². The zero-order valence-corrected chi connectivity index (χ0v) is 12.6. The van der Waals surface area contributed by atoms with Gasteiger partial charge in [0, 0.05) is 0 Å². The van der Waals surface area contributed by atoms with Gasteiger partial charge in [-0.15, -0.1) is 0 Å². The van der Waals surface area contributed by atoms with Crippen molar-refractivity contribution in [2.75, 3.05) is 0 Å². The molecule has 114 valence electrons. The van der Waals surface area contributed by atoms with Gasteiger partial charge in [-0.1, -0.05) is 26.0 Å². The molecular weight excluding hydrogens is 271 g/mol. The first kappa shape index (κ1) is 15.5. The monoisotopic (exact) mass is 292 g/mol. The summed E-state index contributed by atoms with van der Waals surface area (Å²) in [5.41, 5.74) is -0.102. The molecule has 4 nitrogen and oxygen atoms in total. The van der Waals surface area contributed by atoms with Crippen LogP contribution in [0.4, 0.5) is 9.18 Å². The molecule has 2 rings (SSSR count). The fourth-order valence-corrected chi connectivity index (χ4v) is 2.41. The predicted octanol–water partition coefficient (Wildman–Crippen LogP) is 3.07. The lowest BCUT2D eigenvalue weighted by molar-refractivity contribution is -0.131. The molecule has 0 spiro atoms. The SMILES string of the molecule is CC(C)CCC1(C)NC(=O)N(Cc2ccc(F)cc2)C1=O. The van der Waals surface area contributed by atoms with E-state index >= 15 is 0 Å². The van der Waals surface area contributed by atoms with Crippen LogP contribution in [-0.4, -0.2) is 22.4 Å². The Kier molecular flexibility index (Phi) is 4.30. The Bertz CT molecular complexity index is 542. The predicted molar refractivity (Wildman–Crippen MR) is 78.0 cm³/mol. The number of hydrogen-bond donors (Lipinski definition) is 1. The van der Waals surface area contributed by atoms with Crippen LogP contribution in [0.2, 0.25) is 0 Å². The van der Waals surface area contributed by atoms with Crippen molar-refractivity contribution < 1.29 is 14.0 Å². The molecule has 0 aliphatic carbocycles. The second kappa shape index (κ2) is 5.84. The van der Waals surface area contributed by atoms with E-state index in [2.05, 4.69) is 19.2 Å². The van der Waals surface area contributed by atoms with E-state index in [-0.39, 0.29) is 24.3 Å². The number of imide groups is 1. The molecule has 0 radical (unpaired) electrons. The van der Waals surface area contributed by atoms with Crippen molar-refractivity contribution in [3.05, 3.63) is 35.6 Å². The van der Waals surface area contributed by atoms with Crippen LogP contribution >= 0.6 is 0 Å². The number of benzene rings is 1. The second-order valence-corrected chi connectivity index (χ2v) is 6.21. The quantitative estimate of drug-likeness (QED) is 0.848. The number of amides is 3. The molecule has 1 aliphatic heterocycles. The van der Waals surface area contributed by atoms with Crippen LogP contribution in [0.5, 0.6) is 0 Å². The molecule has 1 N–H and O–H groups in total. The third-order valence-corrected chi connectivity index (χ3v) is 3.82. The van der Waals surface area contributed by atoms with Crippen LogP contribution in [0, 0.1) is 11.7 Å². The Morgan fingerprint density at radius 3 is 2.43 bits per heavy atom. The number of carbonyl (C=O) groups is 2. The molecule has 1 heterocycles. The Morgan fingerprint density at radius 1 is 1.24 bits per heavy atom. The van der Waals surface area contributed by atoms with Gasteiger partial charge in [0.05, 0.1) is 6.54 Å². The standard InChI is InChI=1S/C16H21FN2O2/c1-11(2)8-9-16(3)14(20)19(15(21)18-16)10-12-4-6-13(17)7-5-12/h4-7,11H,8-10H2,1-3H3,(H,18,21). The second-order valence-electron chi connectivity index (χ2n) is 6.21. The van der Waals surface area contributed by atoms with Crippen LogP contribution in [-0.2, 0) is 11.3 Å². The number of carbonyl (C=O) groups excluding carboxylic acids is 2. The van der Waals surface area contributed by atoms with Gasteiger partial charge in [0.15, 0.2) is 0 Å². The maximum Gasteiger partial charge on any atom is 0.325 e. The highest BCUT2D eigenvalue weighted by Crippen LogP contribution is 2.26. The van der Waals surface area contributed by atoms with E-state index in [1.165, 1.54) is 17.0 Å². The van der Waals surface area contributed by atoms with E-state index in [1.54, 1.807) is 19.1 Å². The van der Waals surface area contributed by atoms with Crippen molar-refractivity contribution in [1.82, 2.24) is 10.2 Å². The normalized spacial score (nSPS) is 22.0. The third-order valence-electron chi connectivity index (χ3n) is 3.82. The van der Waals surface area contributed by atoms with Gasteiger partial charge < -0.3 is 5.32 Å². The van der Waals surface area contributed by atoms with Gasteiger partial charge in [0.1, 0.15) is 11.4 Å². The lowest BCUT2D eigenvalue weighted by Gasteiger charge is -2.22. The number of hydrogen-bond acceptors (Lipinski definition) is 2. The van der Waals surface area contributed by atoms with Gasteiger partial charge >= 0.3 is 6.03 Å². The van der Waals surface area contributed by atoms with Crippen molar-refractivity contribution >= 4 is 11.9 Å². The molecule has 5 heteroatoms. The summed E-state index contributed by atoms with van der Waals surface area (Å²) < 4.78 is 12.9. The lowest BCUT2D eigenvalue weighted by Crippen LogP contribution is -2.44. The minimum Gasteiger partial charge on any atom is -0.323 e. The number of urea groups is 1. The average molecular weight is 292 g/mol. The smallest absolute Gasteiger partial charge is 0.323 e. The molecule has 3 amide bonds. The summed E-state index contributed by atoms with van der Waals surface area (Å²) in [7, 11) is 0. The highest BCUT2D eigenvalue weighted by molar-refractivity contribution is 6.06. The van der Waals surface area contributed by atoms with Crippen molar-refractivity contribution in [3.8, 4) is 0 Å². The summed E-state index contributed by atoms with van der Waals surface area (Å²) >= 11 is 0. The molecule has 0 bridgehead atoms. The molecule has 1 atom stereocenters. The fourth-order valence-electron chi connectivity index (χ4n) is 2.41. The molecule has 0 saturated carbocycles. The Labute approximate surface area is 124 Å². The van der Waals surface area contributed by atoms with Gasteiger partial charge in [-0.3, -0.25) is 9.69 Å². The van der Waals surface area contributed by atoms with Crippen molar-refractivity contribution in [1.29, 1.82) is 0 Å². The summed E-state index contributed by atoms with van der Waals surface area (Å²) in [5, 5.41) is 2.78. The zero-order chi connectivity index (χ0) is 15.6. The van der Waals surface area contributed by atoms with Crippen LogP contribution in [0.1, 0.15) is 39.2 Å². The molecule has 1 aromatic rings. The van der Waals surface area contributed by atoms with E-state index in [1.807, 2.05) is 0 Å². The number of halogens is 1. The molecule has 0 aromatic heterocycles. The van der Waals surface area contributed by atoms with Gasteiger partial charge in [0.25, 0.3) is 5.91 Å². The maximum atomic E-state index is 12.9. The number of nitrogens with one attached hydrogen (secondary N) is 1. The largest absolute Gasteiger partial charge is 0.325 e. The van der Waals surface area contributed by atoms with Crippen LogP contribution < -0.4 is 5.32 Å². The number of nitrogens with zero attached hydrogens (tertiary/aromatic N) is 1. The van der Waals surface area contributed by atoms with Crippen molar-refractivity contribution in [3.63, 3.8) is 0 Å². The Balaban J connectivity index is 2.09. The van der Waals surface area contributed by atoms with Gasteiger partial charge in [-0.05, 0) is 43.4 Å². The molecule has 1 aromatic carbocycles. The number of rotatable bonds is 5. The van der Waals surface area contributed by atoms with Gasteiger partial charge in [-0.25, -0.2) is 9.18 Å². The first-order valence-electron chi connectivity index (χ1n) is 7.20. The van der Waals surface area contributed by atoms with Gasteiger partial charge in [0.2, 0.25) is 0 Å². The highest BCUT2D eigenvalue weighted by Gasteiger charge is 2.47. The van der Waals surface area contributed by atoms with Crippen molar-refractivity contribution in [2.45, 2.75) is 45.7 Å². The maximum absolute atomic E-state index is 12.9. The van der Waals surface area contributed by atoms with E-state index < -0.39 is 5.54 Å². The van der Waals surface area contributed by atoms with E-state index in [4.69, 9.17) is 0 Å². The topological polar surface area (TPSA) is 49.4 Å². The summed E-state index contributed by atoms with van der Waals surface area (Å²) in [5.74, 6) is -0.0760. The minimum atomic E-state index is -0.832. The molecule has 1 saturated heterocycles. The van der Waals surface area contributed by atoms with E-state index in [0.717, 1.165) is 12.0 Å². The third kappa shape index (κ3) is 3.40. The molecular formula is C16H21FN2O2. The van der Waals surface area contributed by atoms with E-state index in [9.17, 15) is 14.0 Å². The molecule has 1 unspecified atom stereocenters. The summed E-state index contributed by atoms with van der Waals surface area (Å²) in [4.78, 5) is 25.7. The fraction of sp³-hybridized carbons (Fsp3) is 0.500. The zero-order valence-electron chi connectivity index (χ0n) is 12.6. The molecule has 1 fully saturated rings. The summed E-state index contributed by atoms with van der Waals surface area (Å²) in [6.07, 6.45) is 1.49. The first-order chi connectivity index (χ1) is 9.82. The first-order valence-corrected chi connectivity index (χ1v) is 7.20. The molecule has 1 aliphatic rings. The Morgan fingerprint density at radius 2 is 1.86 bits per heavy atom.